The van der Waals surface area contributed by atoms with Crippen molar-refractivity contribution in [1.82, 2.24) is 14.8 Å². The van der Waals surface area contributed by atoms with Crippen LogP contribution in [0.1, 0.15) is 24.0 Å². The van der Waals surface area contributed by atoms with E-state index in [0.717, 1.165) is 37.0 Å². The van der Waals surface area contributed by atoms with Gasteiger partial charge in [0.1, 0.15) is 5.69 Å². The van der Waals surface area contributed by atoms with Crippen LogP contribution in [0.3, 0.4) is 0 Å². The number of nitrogens with zero attached hydrogens (tertiary/aromatic N) is 4. The predicted octanol–water partition coefficient (Wildman–Crippen LogP) is 1.57. The molecular weight excluding hydrogens is 278 g/mol. The molecule has 2 aromatic rings. The van der Waals surface area contributed by atoms with Crippen molar-refractivity contribution >= 4 is 5.82 Å². The van der Waals surface area contributed by atoms with E-state index in [0.29, 0.717) is 12.6 Å². The van der Waals surface area contributed by atoms with Gasteiger partial charge >= 0.3 is 0 Å². The number of ether oxygens (including phenoxy) is 1. The molecule has 0 unspecified atom stereocenters. The van der Waals surface area contributed by atoms with Crippen molar-refractivity contribution in [3.05, 3.63) is 35.3 Å². The lowest BCUT2D eigenvalue weighted by atomic mass is 10.2. The van der Waals surface area contributed by atoms with Gasteiger partial charge in [0.15, 0.2) is 5.82 Å². The summed E-state index contributed by atoms with van der Waals surface area (Å²) in [4.78, 5) is 2.24. The largest absolute Gasteiger partial charge is 0.377 e. The second-order valence-electron chi connectivity index (χ2n) is 5.81. The lowest BCUT2D eigenvalue weighted by Gasteiger charge is -2.34. The molecule has 0 radical (unpaired) electrons. The first kappa shape index (κ1) is 15.0. The zero-order chi connectivity index (χ0) is 15.7. The summed E-state index contributed by atoms with van der Waals surface area (Å²) in [6.07, 6.45) is 0. The molecule has 2 aromatic heterocycles. The Labute approximate surface area is 130 Å². The molecule has 1 saturated heterocycles. The molecule has 3 rings (SSSR count). The number of hydrogen-bond acceptors (Lipinski definition) is 5. The first-order valence-electron chi connectivity index (χ1n) is 7.68. The van der Waals surface area contributed by atoms with E-state index >= 15 is 0 Å². The van der Waals surface area contributed by atoms with Crippen LogP contribution in [-0.4, -0.2) is 40.6 Å². The third-order valence-electron chi connectivity index (χ3n) is 4.20. The van der Waals surface area contributed by atoms with Crippen LogP contribution in [0, 0.1) is 13.8 Å². The number of rotatable bonds is 3. The van der Waals surface area contributed by atoms with Gasteiger partial charge in [0, 0.05) is 30.5 Å². The van der Waals surface area contributed by atoms with Crippen LogP contribution in [-0.2, 0) is 11.3 Å². The highest BCUT2D eigenvalue weighted by atomic mass is 16.5. The molecule has 118 valence electrons. The van der Waals surface area contributed by atoms with Crippen LogP contribution < -0.4 is 10.6 Å². The Morgan fingerprint density at radius 1 is 1.27 bits per heavy atom. The van der Waals surface area contributed by atoms with Crippen molar-refractivity contribution in [3.63, 3.8) is 0 Å². The number of aryl methyl sites for hydroxylation is 2. The minimum absolute atomic E-state index is 0.298. The molecule has 0 saturated carbocycles. The molecular formula is C16H23N5O. The topological polar surface area (TPSA) is 69.2 Å². The standard InChI is InChI=1S/C16H23N5O/c1-11-4-5-12(2)21(11)15-8-16(19-18-14(15)9-17)20-6-7-22-10-13(20)3/h4-5,8,13H,6-7,9-10,17H2,1-3H3/t13-/m1/s1. The number of anilines is 1. The molecule has 3 heterocycles. The number of morpholine rings is 1. The van der Waals surface area contributed by atoms with E-state index in [1.165, 1.54) is 11.4 Å². The quantitative estimate of drug-likeness (QED) is 0.932. The lowest BCUT2D eigenvalue weighted by molar-refractivity contribution is 0.0984. The molecule has 2 N–H and O–H groups in total. The Bertz CT molecular complexity index is 647. The van der Waals surface area contributed by atoms with Crippen LogP contribution >= 0.6 is 0 Å². The normalized spacial score (nSPS) is 18.7. The summed E-state index contributed by atoms with van der Waals surface area (Å²) in [7, 11) is 0. The summed E-state index contributed by atoms with van der Waals surface area (Å²) in [5.74, 6) is 0.885. The van der Waals surface area contributed by atoms with Gasteiger partial charge in [-0.2, -0.15) is 0 Å². The molecule has 1 aliphatic heterocycles. The average Bonchev–Trinajstić information content (AvgIpc) is 2.86. The first-order valence-corrected chi connectivity index (χ1v) is 7.68. The molecule has 6 heteroatoms. The van der Waals surface area contributed by atoms with Gasteiger partial charge in [-0.1, -0.05) is 0 Å². The van der Waals surface area contributed by atoms with E-state index in [9.17, 15) is 0 Å². The molecule has 1 aliphatic rings. The molecule has 0 spiro atoms. The van der Waals surface area contributed by atoms with Crippen LogP contribution in [0.5, 0.6) is 0 Å². The molecule has 1 fully saturated rings. The van der Waals surface area contributed by atoms with E-state index in [4.69, 9.17) is 10.5 Å². The number of aromatic nitrogens is 3. The fourth-order valence-corrected chi connectivity index (χ4v) is 2.99. The van der Waals surface area contributed by atoms with Gasteiger partial charge in [-0.05, 0) is 32.9 Å². The fourth-order valence-electron chi connectivity index (χ4n) is 2.99. The molecule has 0 amide bonds. The van der Waals surface area contributed by atoms with Crippen molar-refractivity contribution in [2.75, 3.05) is 24.7 Å². The summed E-state index contributed by atoms with van der Waals surface area (Å²) in [6, 6.07) is 6.60. The van der Waals surface area contributed by atoms with E-state index in [-0.39, 0.29) is 0 Å². The maximum atomic E-state index is 5.86. The first-order chi connectivity index (χ1) is 10.6. The van der Waals surface area contributed by atoms with Crippen LogP contribution in [0.15, 0.2) is 18.2 Å². The van der Waals surface area contributed by atoms with E-state index in [2.05, 4.69) is 58.6 Å². The highest BCUT2D eigenvalue weighted by Gasteiger charge is 2.22. The molecule has 0 bridgehead atoms. The minimum atomic E-state index is 0.298. The SMILES string of the molecule is Cc1ccc(C)n1-c1cc(N2CCOC[C@H]2C)nnc1CN. The van der Waals surface area contributed by atoms with Crippen molar-refractivity contribution in [3.8, 4) is 5.69 Å². The molecule has 1 atom stereocenters. The second kappa shape index (κ2) is 6.06. The smallest absolute Gasteiger partial charge is 0.153 e. The van der Waals surface area contributed by atoms with E-state index in [1.807, 2.05) is 0 Å². The fraction of sp³-hybridized carbons (Fsp3) is 0.500. The average molecular weight is 301 g/mol. The third kappa shape index (κ3) is 2.60. The number of hydrogen-bond donors (Lipinski definition) is 1. The van der Waals surface area contributed by atoms with E-state index < -0.39 is 0 Å². The Hall–Kier alpha value is -1.92. The monoisotopic (exact) mass is 301 g/mol. The lowest BCUT2D eigenvalue weighted by Crippen LogP contribution is -2.44. The minimum Gasteiger partial charge on any atom is -0.377 e. The van der Waals surface area contributed by atoms with Crippen LogP contribution in [0.2, 0.25) is 0 Å². The van der Waals surface area contributed by atoms with Crippen molar-refractivity contribution in [2.24, 2.45) is 5.73 Å². The Morgan fingerprint density at radius 3 is 2.64 bits per heavy atom. The van der Waals surface area contributed by atoms with Crippen LogP contribution in [0.4, 0.5) is 5.82 Å². The highest BCUT2D eigenvalue weighted by Crippen LogP contribution is 2.24. The Morgan fingerprint density at radius 2 is 2.00 bits per heavy atom. The molecule has 22 heavy (non-hydrogen) atoms. The second-order valence-corrected chi connectivity index (χ2v) is 5.81. The highest BCUT2D eigenvalue weighted by molar-refractivity contribution is 5.51. The molecule has 0 aromatic carbocycles. The Kier molecular flexibility index (Phi) is 4.13. The van der Waals surface area contributed by atoms with E-state index in [1.54, 1.807) is 0 Å². The van der Waals surface area contributed by atoms with Gasteiger partial charge in [0.25, 0.3) is 0 Å². The van der Waals surface area contributed by atoms with Gasteiger partial charge in [-0.25, -0.2) is 0 Å². The predicted molar refractivity (Wildman–Crippen MR) is 86.4 cm³/mol. The summed E-state index contributed by atoms with van der Waals surface area (Å²) in [6.45, 7) is 8.97. The zero-order valence-electron chi connectivity index (χ0n) is 13.4. The summed E-state index contributed by atoms with van der Waals surface area (Å²) in [5.41, 5.74) is 10.0. The van der Waals surface area contributed by atoms with Crippen LogP contribution in [0.25, 0.3) is 5.69 Å². The third-order valence-corrected chi connectivity index (χ3v) is 4.20. The van der Waals surface area contributed by atoms with Crippen molar-refractivity contribution in [1.29, 1.82) is 0 Å². The summed E-state index contributed by atoms with van der Waals surface area (Å²) in [5, 5.41) is 8.75. The summed E-state index contributed by atoms with van der Waals surface area (Å²) >= 11 is 0. The van der Waals surface area contributed by atoms with Gasteiger partial charge in [-0.15, -0.1) is 10.2 Å². The number of nitrogens with two attached hydrogens (primary N) is 1. The summed E-state index contributed by atoms with van der Waals surface area (Å²) < 4.78 is 7.69. The Balaban J connectivity index is 2.07. The van der Waals surface area contributed by atoms with Gasteiger partial charge in [0.2, 0.25) is 0 Å². The molecule has 6 nitrogen and oxygen atoms in total. The van der Waals surface area contributed by atoms with Crippen molar-refractivity contribution < 1.29 is 4.74 Å². The van der Waals surface area contributed by atoms with Gasteiger partial charge in [-0.3, -0.25) is 0 Å². The van der Waals surface area contributed by atoms with Gasteiger partial charge in [0.05, 0.1) is 24.9 Å². The van der Waals surface area contributed by atoms with Gasteiger partial charge < -0.3 is 19.9 Å². The zero-order valence-corrected chi connectivity index (χ0v) is 13.4. The maximum absolute atomic E-state index is 5.86. The molecule has 0 aliphatic carbocycles. The van der Waals surface area contributed by atoms with Crippen molar-refractivity contribution in [2.45, 2.75) is 33.4 Å². The maximum Gasteiger partial charge on any atom is 0.153 e.